The van der Waals surface area contributed by atoms with Gasteiger partial charge in [0, 0.05) is 16.3 Å². The number of carbonyl (C=O) groups is 2. The van der Waals surface area contributed by atoms with Gasteiger partial charge in [-0.2, -0.15) is 0 Å². The molecule has 1 aromatic heterocycles. The zero-order chi connectivity index (χ0) is 18.8. The van der Waals surface area contributed by atoms with Crippen molar-refractivity contribution >= 4 is 34.6 Å². The van der Waals surface area contributed by atoms with Crippen molar-refractivity contribution in [2.75, 3.05) is 0 Å². The highest BCUT2D eigenvalue weighted by molar-refractivity contribution is 7.09. The van der Waals surface area contributed by atoms with Crippen LogP contribution in [0.3, 0.4) is 0 Å². The van der Waals surface area contributed by atoms with Gasteiger partial charge < -0.3 is 10.0 Å². The number of benzene rings is 1. The Bertz CT molecular complexity index is 840. The van der Waals surface area contributed by atoms with Gasteiger partial charge in [0.1, 0.15) is 0 Å². The van der Waals surface area contributed by atoms with Gasteiger partial charge in [-0.1, -0.05) is 43.6 Å². The van der Waals surface area contributed by atoms with E-state index in [1.807, 2.05) is 31.4 Å². The van der Waals surface area contributed by atoms with E-state index in [-0.39, 0.29) is 23.7 Å². The van der Waals surface area contributed by atoms with Gasteiger partial charge in [-0.15, -0.1) is 11.3 Å². The van der Waals surface area contributed by atoms with Crippen molar-refractivity contribution in [3.8, 4) is 0 Å². The lowest BCUT2D eigenvalue weighted by Gasteiger charge is -2.26. The van der Waals surface area contributed by atoms with Gasteiger partial charge in [0.05, 0.1) is 18.2 Å². The van der Waals surface area contributed by atoms with Crippen molar-refractivity contribution in [2.24, 2.45) is 5.92 Å². The highest BCUT2D eigenvalue weighted by atomic mass is 35.5. The second-order valence-corrected chi connectivity index (χ2v) is 8.22. The molecule has 0 saturated carbocycles. The molecule has 2 aromatic rings. The Labute approximate surface area is 161 Å². The van der Waals surface area contributed by atoms with Gasteiger partial charge in [-0.25, -0.2) is 0 Å². The van der Waals surface area contributed by atoms with E-state index in [4.69, 9.17) is 11.6 Å². The van der Waals surface area contributed by atoms with Crippen LogP contribution in [0, 0.1) is 5.92 Å². The van der Waals surface area contributed by atoms with Crippen LogP contribution in [-0.2, 0) is 16.1 Å². The quantitative estimate of drug-likeness (QED) is 0.763. The van der Waals surface area contributed by atoms with Crippen LogP contribution in [0.25, 0.3) is 0 Å². The fourth-order valence-corrected chi connectivity index (χ4v) is 3.97. The number of halogens is 1. The normalized spacial score (nSPS) is 17.5. The van der Waals surface area contributed by atoms with Crippen molar-refractivity contribution in [1.29, 1.82) is 0 Å². The van der Waals surface area contributed by atoms with Crippen LogP contribution < -0.4 is 0 Å². The van der Waals surface area contributed by atoms with Crippen LogP contribution in [0.5, 0.6) is 0 Å². The summed E-state index contributed by atoms with van der Waals surface area (Å²) in [5.74, 6) is -1.01. The molecule has 0 fully saturated rings. The van der Waals surface area contributed by atoms with Crippen LogP contribution in [-0.4, -0.2) is 21.7 Å². The Balaban J connectivity index is 2.03. The van der Waals surface area contributed by atoms with Crippen molar-refractivity contribution < 1.29 is 14.7 Å². The summed E-state index contributed by atoms with van der Waals surface area (Å²) >= 11 is 7.52. The molecular weight excluding hydrogens is 370 g/mol. The molecule has 6 heteroatoms. The molecule has 3 rings (SSSR count). The number of hydrogen-bond donors (Lipinski definition) is 1. The average Bonchev–Trinajstić information content (AvgIpc) is 3.17. The monoisotopic (exact) mass is 389 g/mol. The van der Waals surface area contributed by atoms with Gasteiger partial charge in [-0.05, 0) is 35.1 Å². The topological polar surface area (TPSA) is 57.6 Å². The van der Waals surface area contributed by atoms with Crippen molar-refractivity contribution in [3.05, 3.63) is 68.6 Å². The van der Waals surface area contributed by atoms with Crippen molar-refractivity contribution in [1.82, 2.24) is 4.90 Å². The first-order valence-corrected chi connectivity index (χ1v) is 9.69. The van der Waals surface area contributed by atoms with E-state index in [1.165, 1.54) is 11.3 Å². The highest BCUT2D eigenvalue weighted by Crippen LogP contribution is 2.40. The predicted octanol–water partition coefficient (Wildman–Crippen LogP) is 4.91. The molecule has 1 aliphatic rings. The van der Waals surface area contributed by atoms with Gasteiger partial charge in [-0.3, -0.25) is 9.59 Å². The summed E-state index contributed by atoms with van der Waals surface area (Å²) in [7, 11) is 0. The first kappa shape index (κ1) is 18.7. The van der Waals surface area contributed by atoms with Crippen LogP contribution in [0.2, 0.25) is 5.02 Å². The third-order valence-corrected chi connectivity index (χ3v) is 5.40. The lowest BCUT2D eigenvalue weighted by Crippen LogP contribution is -2.30. The maximum Gasteiger partial charge on any atom is 0.290 e. The Morgan fingerprint density at radius 1 is 1.27 bits per heavy atom. The summed E-state index contributed by atoms with van der Waals surface area (Å²) in [6.07, 6.45) is 0.281. The van der Waals surface area contributed by atoms with Crippen LogP contribution in [0.4, 0.5) is 0 Å². The fraction of sp³-hybridized carbons (Fsp3) is 0.300. The van der Waals surface area contributed by atoms with Crippen molar-refractivity contribution in [2.45, 2.75) is 32.9 Å². The minimum Gasteiger partial charge on any atom is -0.503 e. The van der Waals surface area contributed by atoms with Gasteiger partial charge in [0.15, 0.2) is 11.5 Å². The van der Waals surface area contributed by atoms with Crippen LogP contribution >= 0.6 is 22.9 Å². The SMILES string of the molecule is CC(C)CC(=O)C1=C(O)C(=O)N(Cc2cccs2)C1c1ccc(Cl)cc1. The molecule has 1 amide bonds. The number of rotatable bonds is 6. The molecule has 0 aliphatic carbocycles. The predicted molar refractivity (Wildman–Crippen MR) is 103 cm³/mol. The molecule has 1 unspecified atom stereocenters. The number of ketones is 1. The van der Waals surface area contributed by atoms with Crippen LogP contribution in [0.15, 0.2) is 53.1 Å². The number of hydrogen-bond acceptors (Lipinski definition) is 4. The first-order chi connectivity index (χ1) is 12.4. The molecule has 0 spiro atoms. The highest BCUT2D eigenvalue weighted by Gasteiger charge is 2.43. The second-order valence-electron chi connectivity index (χ2n) is 6.75. The molecular formula is C20H20ClNO3S. The number of aliphatic hydroxyl groups excluding tert-OH is 1. The molecule has 2 heterocycles. The Kier molecular flexibility index (Phi) is 5.49. The van der Waals surface area contributed by atoms with E-state index in [2.05, 4.69) is 0 Å². The third kappa shape index (κ3) is 3.69. The molecule has 1 N–H and O–H groups in total. The standard InChI is InChI=1S/C20H20ClNO3S/c1-12(2)10-16(23)17-18(13-5-7-14(21)8-6-13)22(20(25)19(17)24)11-15-4-3-9-26-15/h3-9,12,18,24H,10-11H2,1-2H3. The van der Waals surface area contributed by atoms with Gasteiger partial charge in [0.25, 0.3) is 5.91 Å². The zero-order valence-corrected chi connectivity index (χ0v) is 16.2. The molecule has 136 valence electrons. The number of nitrogens with zero attached hydrogens (tertiary/aromatic N) is 1. The molecule has 0 saturated heterocycles. The van der Waals surface area contributed by atoms with E-state index >= 15 is 0 Å². The summed E-state index contributed by atoms with van der Waals surface area (Å²) in [5.41, 5.74) is 0.943. The molecule has 4 nitrogen and oxygen atoms in total. The maximum atomic E-state index is 12.8. The largest absolute Gasteiger partial charge is 0.503 e. The fourth-order valence-electron chi connectivity index (χ4n) is 3.14. The van der Waals surface area contributed by atoms with Gasteiger partial charge in [0.2, 0.25) is 0 Å². The summed E-state index contributed by atoms with van der Waals surface area (Å²) in [6, 6.07) is 10.3. The summed E-state index contributed by atoms with van der Waals surface area (Å²) in [6.45, 7) is 4.21. The Hall–Kier alpha value is -2.11. The van der Waals surface area contributed by atoms with Crippen molar-refractivity contribution in [3.63, 3.8) is 0 Å². The molecule has 26 heavy (non-hydrogen) atoms. The molecule has 1 aliphatic heterocycles. The zero-order valence-electron chi connectivity index (χ0n) is 14.6. The number of thiophene rings is 1. The van der Waals surface area contributed by atoms with E-state index in [0.717, 1.165) is 10.4 Å². The minimum absolute atomic E-state index is 0.134. The second kappa shape index (κ2) is 7.64. The lowest BCUT2D eigenvalue weighted by atomic mass is 9.92. The third-order valence-electron chi connectivity index (χ3n) is 4.29. The summed E-state index contributed by atoms with van der Waals surface area (Å²) in [4.78, 5) is 28.1. The molecule has 1 aromatic carbocycles. The number of Topliss-reactive ketones (excluding diaryl/α,β-unsaturated/α-hetero) is 1. The number of aliphatic hydroxyl groups is 1. The number of amides is 1. The van der Waals surface area contributed by atoms with E-state index in [1.54, 1.807) is 29.2 Å². The average molecular weight is 390 g/mol. The molecule has 0 radical (unpaired) electrons. The molecule has 1 atom stereocenters. The molecule has 0 bridgehead atoms. The Morgan fingerprint density at radius 2 is 1.96 bits per heavy atom. The Morgan fingerprint density at radius 3 is 2.54 bits per heavy atom. The summed E-state index contributed by atoms with van der Waals surface area (Å²) in [5, 5.41) is 13.0. The van der Waals surface area contributed by atoms with Gasteiger partial charge >= 0.3 is 0 Å². The first-order valence-electron chi connectivity index (χ1n) is 8.43. The van der Waals surface area contributed by atoms with Crippen LogP contribution in [0.1, 0.15) is 36.8 Å². The van der Waals surface area contributed by atoms with E-state index in [9.17, 15) is 14.7 Å². The summed E-state index contributed by atoms with van der Waals surface area (Å²) < 4.78 is 0. The maximum absolute atomic E-state index is 12.8. The number of carbonyl (C=O) groups excluding carboxylic acids is 2. The minimum atomic E-state index is -0.604. The van der Waals surface area contributed by atoms with E-state index < -0.39 is 17.7 Å². The lowest BCUT2D eigenvalue weighted by molar-refractivity contribution is -0.130. The smallest absolute Gasteiger partial charge is 0.290 e. The van der Waals surface area contributed by atoms with E-state index in [0.29, 0.717) is 11.6 Å².